The van der Waals surface area contributed by atoms with E-state index in [1.807, 2.05) is 0 Å². The van der Waals surface area contributed by atoms with Crippen LogP contribution in [-0.4, -0.2) is 44.8 Å². The maximum absolute atomic E-state index is 5.84. The summed E-state index contributed by atoms with van der Waals surface area (Å²) in [5.74, 6) is 0. The lowest BCUT2D eigenvalue weighted by atomic mass is 10.0. The lowest BCUT2D eigenvalue weighted by Crippen LogP contribution is -2.39. The van der Waals surface area contributed by atoms with Crippen LogP contribution in [0.15, 0.2) is 0 Å². The standard InChI is InChI=1S/C15H34N2O/c1-4-5-6-7-8-9-10-11-15(14-16)17(2)12-13-18-3/h15H,4-14,16H2,1-3H3. The summed E-state index contributed by atoms with van der Waals surface area (Å²) in [6.45, 7) is 4.80. The Hall–Kier alpha value is -0.120. The third-order valence-corrected chi connectivity index (χ3v) is 3.68. The number of hydrogen-bond acceptors (Lipinski definition) is 3. The van der Waals surface area contributed by atoms with Crippen LogP contribution in [0.1, 0.15) is 58.3 Å². The molecule has 0 aliphatic carbocycles. The van der Waals surface area contributed by atoms with E-state index in [4.69, 9.17) is 10.5 Å². The van der Waals surface area contributed by atoms with Gasteiger partial charge in [-0.3, -0.25) is 4.90 Å². The van der Waals surface area contributed by atoms with Crippen molar-refractivity contribution in [2.24, 2.45) is 5.73 Å². The van der Waals surface area contributed by atoms with Crippen molar-refractivity contribution in [2.75, 3.05) is 33.9 Å². The molecule has 0 bridgehead atoms. The van der Waals surface area contributed by atoms with Gasteiger partial charge < -0.3 is 10.5 Å². The zero-order valence-electron chi connectivity index (χ0n) is 12.8. The van der Waals surface area contributed by atoms with Crippen molar-refractivity contribution in [1.29, 1.82) is 0 Å². The highest BCUT2D eigenvalue weighted by Crippen LogP contribution is 2.11. The second-order valence-electron chi connectivity index (χ2n) is 5.27. The summed E-state index contributed by atoms with van der Waals surface area (Å²) in [5.41, 5.74) is 5.84. The lowest BCUT2D eigenvalue weighted by molar-refractivity contribution is 0.136. The highest BCUT2D eigenvalue weighted by atomic mass is 16.5. The molecule has 0 aromatic rings. The molecule has 0 heterocycles. The molecule has 0 amide bonds. The van der Waals surface area contributed by atoms with Gasteiger partial charge in [0, 0.05) is 26.2 Å². The van der Waals surface area contributed by atoms with Gasteiger partial charge in [-0.1, -0.05) is 51.9 Å². The van der Waals surface area contributed by atoms with Crippen molar-refractivity contribution in [3.8, 4) is 0 Å². The van der Waals surface area contributed by atoms with Crippen LogP contribution in [-0.2, 0) is 4.74 Å². The third-order valence-electron chi connectivity index (χ3n) is 3.68. The van der Waals surface area contributed by atoms with Gasteiger partial charge in [0.15, 0.2) is 0 Å². The molecule has 0 rings (SSSR count). The molecule has 0 aliphatic heterocycles. The van der Waals surface area contributed by atoms with Gasteiger partial charge >= 0.3 is 0 Å². The molecule has 18 heavy (non-hydrogen) atoms. The number of nitrogens with two attached hydrogens (primary N) is 1. The third kappa shape index (κ3) is 9.86. The topological polar surface area (TPSA) is 38.5 Å². The van der Waals surface area contributed by atoms with Crippen LogP contribution in [0.4, 0.5) is 0 Å². The molecule has 0 saturated carbocycles. The first-order chi connectivity index (χ1) is 8.76. The number of methoxy groups -OCH3 is 1. The minimum atomic E-state index is 0.524. The van der Waals surface area contributed by atoms with Gasteiger partial charge in [0.2, 0.25) is 0 Å². The average molecular weight is 258 g/mol. The molecular weight excluding hydrogens is 224 g/mol. The molecule has 2 N–H and O–H groups in total. The fourth-order valence-electron chi connectivity index (χ4n) is 2.27. The Kier molecular flexibility index (Phi) is 13.2. The molecule has 110 valence electrons. The zero-order valence-corrected chi connectivity index (χ0v) is 12.8. The number of unbranched alkanes of at least 4 members (excludes halogenated alkanes) is 6. The predicted octanol–water partition coefficient (Wildman–Crippen LogP) is 3.03. The number of hydrogen-bond donors (Lipinski definition) is 1. The van der Waals surface area contributed by atoms with E-state index < -0.39 is 0 Å². The van der Waals surface area contributed by atoms with Crippen LogP contribution >= 0.6 is 0 Å². The average Bonchev–Trinajstić information content (AvgIpc) is 2.39. The van der Waals surface area contributed by atoms with Crippen LogP contribution in [0, 0.1) is 0 Å². The van der Waals surface area contributed by atoms with Crippen LogP contribution in [0.3, 0.4) is 0 Å². The summed E-state index contributed by atoms with van der Waals surface area (Å²) in [4.78, 5) is 2.33. The van der Waals surface area contributed by atoms with E-state index in [2.05, 4.69) is 18.9 Å². The van der Waals surface area contributed by atoms with E-state index in [-0.39, 0.29) is 0 Å². The Morgan fingerprint density at radius 2 is 1.67 bits per heavy atom. The van der Waals surface area contributed by atoms with E-state index >= 15 is 0 Å². The van der Waals surface area contributed by atoms with Crippen LogP contribution < -0.4 is 5.73 Å². The SMILES string of the molecule is CCCCCCCCCC(CN)N(C)CCOC. The van der Waals surface area contributed by atoms with Crippen LogP contribution in [0.5, 0.6) is 0 Å². The molecule has 0 spiro atoms. The molecule has 0 aromatic carbocycles. The first-order valence-electron chi connectivity index (χ1n) is 7.65. The molecule has 1 atom stereocenters. The lowest BCUT2D eigenvalue weighted by Gasteiger charge is -2.26. The van der Waals surface area contributed by atoms with Crippen LogP contribution in [0.25, 0.3) is 0 Å². The fourth-order valence-corrected chi connectivity index (χ4v) is 2.27. The van der Waals surface area contributed by atoms with Gasteiger partial charge in [-0.25, -0.2) is 0 Å². The monoisotopic (exact) mass is 258 g/mol. The molecule has 0 fully saturated rings. The van der Waals surface area contributed by atoms with Gasteiger partial charge in [0.25, 0.3) is 0 Å². The minimum absolute atomic E-state index is 0.524. The largest absolute Gasteiger partial charge is 0.383 e. The normalized spacial score (nSPS) is 13.2. The van der Waals surface area contributed by atoms with Crippen molar-refractivity contribution in [3.63, 3.8) is 0 Å². The first-order valence-corrected chi connectivity index (χ1v) is 7.65. The second kappa shape index (κ2) is 13.3. The molecule has 0 radical (unpaired) electrons. The van der Waals surface area contributed by atoms with Crippen molar-refractivity contribution in [3.05, 3.63) is 0 Å². The smallest absolute Gasteiger partial charge is 0.0589 e. The maximum atomic E-state index is 5.84. The number of likely N-dealkylation sites (N-methyl/N-ethyl adjacent to an activating group) is 1. The Labute approximate surface area is 114 Å². The summed E-state index contributed by atoms with van der Waals surface area (Å²) in [7, 11) is 3.90. The number of nitrogens with zero attached hydrogens (tertiary/aromatic N) is 1. The zero-order chi connectivity index (χ0) is 13.6. The summed E-state index contributed by atoms with van der Waals surface area (Å²) >= 11 is 0. The van der Waals surface area contributed by atoms with Crippen molar-refractivity contribution in [2.45, 2.75) is 64.3 Å². The molecule has 0 aromatic heterocycles. The molecule has 0 aliphatic rings. The van der Waals surface area contributed by atoms with E-state index in [0.717, 1.165) is 19.7 Å². The summed E-state index contributed by atoms with van der Waals surface area (Å²) in [6.07, 6.45) is 10.8. The van der Waals surface area contributed by atoms with E-state index in [1.165, 1.54) is 51.4 Å². The summed E-state index contributed by atoms with van der Waals surface area (Å²) in [6, 6.07) is 0.524. The summed E-state index contributed by atoms with van der Waals surface area (Å²) in [5, 5.41) is 0. The Bertz CT molecular complexity index is 165. The predicted molar refractivity (Wildman–Crippen MR) is 80.0 cm³/mol. The van der Waals surface area contributed by atoms with Gasteiger partial charge in [0.1, 0.15) is 0 Å². The van der Waals surface area contributed by atoms with Gasteiger partial charge in [-0.2, -0.15) is 0 Å². The molecule has 3 heteroatoms. The van der Waals surface area contributed by atoms with Gasteiger partial charge in [-0.05, 0) is 13.5 Å². The van der Waals surface area contributed by atoms with Crippen molar-refractivity contribution in [1.82, 2.24) is 4.90 Å². The quantitative estimate of drug-likeness (QED) is 0.516. The number of rotatable bonds is 13. The summed E-state index contributed by atoms with van der Waals surface area (Å²) < 4.78 is 5.11. The van der Waals surface area contributed by atoms with E-state index in [0.29, 0.717) is 6.04 Å². The molecular formula is C15H34N2O. The molecule has 0 saturated heterocycles. The van der Waals surface area contributed by atoms with Crippen LogP contribution in [0.2, 0.25) is 0 Å². The van der Waals surface area contributed by atoms with Gasteiger partial charge in [-0.15, -0.1) is 0 Å². The minimum Gasteiger partial charge on any atom is -0.383 e. The highest BCUT2D eigenvalue weighted by Gasteiger charge is 2.11. The second-order valence-corrected chi connectivity index (χ2v) is 5.27. The Morgan fingerprint density at radius 1 is 1.06 bits per heavy atom. The maximum Gasteiger partial charge on any atom is 0.0589 e. The highest BCUT2D eigenvalue weighted by molar-refractivity contribution is 4.69. The molecule has 1 unspecified atom stereocenters. The number of ether oxygens (including phenoxy) is 1. The van der Waals surface area contributed by atoms with Crippen molar-refractivity contribution < 1.29 is 4.74 Å². The Balaban J connectivity index is 3.48. The fraction of sp³-hybridized carbons (Fsp3) is 1.00. The van der Waals surface area contributed by atoms with E-state index in [1.54, 1.807) is 7.11 Å². The Morgan fingerprint density at radius 3 is 2.22 bits per heavy atom. The first kappa shape index (κ1) is 17.9. The van der Waals surface area contributed by atoms with E-state index in [9.17, 15) is 0 Å². The molecule has 3 nitrogen and oxygen atoms in total. The van der Waals surface area contributed by atoms with Crippen molar-refractivity contribution >= 4 is 0 Å². The van der Waals surface area contributed by atoms with Gasteiger partial charge in [0.05, 0.1) is 6.61 Å².